The van der Waals surface area contributed by atoms with Gasteiger partial charge in [-0.1, -0.05) is 6.08 Å². The molecule has 0 aromatic rings. The fourth-order valence-electron chi connectivity index (χ4n) is 3.06. The number of allylic oxidation sites excluding steroid dienone is 1. The van der Waals surface area contributed by atoms with Gasteiger partial charge < -0.3 is 20.2 Å². The molecule has 134 valence electrons. The van der Waals surface area contributed by atoms with E-state index in [2.05, 4.69) is 11.9 Å². The van der Waals surface area contributed by atoms with Crippen molar-refractivity contribution >= 4 is 17.9 Å². The van der Waals surface area contributed by atoms with Crippen LogP contribution in [0.2, 0.25) is 0 Å². The third-order valence-electron chi connectivity index (χ3n) is 4.80. The van der Waals surface area contributed by atoms with Crippen LogP contribution in [0.15, 0.2) is 12.7 Å². The van der Waals surface area contributed by atoms with Gasteiger partial charge in [-0.3, -0.25) is 4.79 Å². The number of carbonyl (C=O) groups is 3. The first-order chi connectivity index (χ1) is 11.4. The molecule has 2 aliphatic rings. The second-order valence-corrected chi connectivity index (χ2v) is 6.72. The number of carboxylic acid groups (broad SMARTS) is 1. The van der Waals surface area contributed by atoms with E-state index >= 15 is 0 Å². The molecule has 1 aliphatic heterocycles. The van der Waals surface area contributed by atoms with Crippen LogP contribution in [0.5, 0.6) is 0 Å². The minimum atomic E-state index is -1.11. The number of carboxylic acids is 1. The molecule has 2 rings (SSSR count). The van der Waals surface area contributed by atoms with Gasteiger partial charge in [-0.15, -0.1) is 6.58 Å². The highest BCUT2D eigenvalue weighted by Crippen LogP contribution is 2.36. The summed E-state index contributed by atoms with van der Waals surface area (Å²) in [5.41, 5.74) is -1.11. The number of nitrogens with zero attached hydrogens (tertiary/aromatic N) is 2. The van der Waals surface area contributed by atoms with Crippen LogP contribution in [0, 0.1) is 0 Å². The number of amides is 3. The van der Waals surface area contributed by atoms with Gasteiger partial charge in [-0.25, -0.2) is 9.59 Å². The Hall–Kier alpha value is -2.05. The highest BCUT2D eigenvalue weighted by Gasteiger charge is 2.53. The van der Waals surface area contributed by atoms with Crippen LogP contribution in [0.1, 0.15) is 44.9 Å². The van der Waals surface area contributed by atoms with E-state index in [0.29, 0.717) is 32.4 Å². The number of hydrogen-bond acceptors (Lipinski definition) is 3. The van der Waals surface area contributed by atoms with Crippen molar-refractivity contribution in [2.75, 3.05) is 20.1 Å². The standard InChI is InChI=1S/C17H27N3O4/c1-3-4-5-6-11-19(2)16(24)20-12-7-8-13(20)14(21)18-17(9-10-17)15(22)23/h3,13H,1,4-12H2,2H3,(H,18,21)(H,22,23)/t13-/m0/s1. The molecule has 1 saturated carbocycles. The quantitative estimate of drug-likeness (QED) is 0.520. The number of nitrogens with one attached hydrogen (secondary N) is 1. The normalized spacial score (nSPS) is 21.2. The van der Waals surface area contributed by atoms with E-state index in [1.165, 1.54) is 0 Å². The molecule has 3 amide bonds. The van der Waals surface area contributed by atoms with E-state index in [1.807, 2.05) is 6.08 Å². The molecule has 0 aromatic heterocycles. The van der Waals surface area contributed by atoms with Gasteiger partial charge in [0.15, 0.2) is 0 Å². The summed E-state index contributed by atoms with van der Waals surface area (Å²) in [4.78, 5) is 39.4. The third-order valence-corrected chi connectivity index (χ3v) is 4.80. The van der Waals surface area contributed by atoms with Crippen molar-refractivity contribution in [2.45, 2.75) is 56.5 Å². The van der Waals surface area contributed by atoms with E-state index in [0.717, 1.165) is 25.7 Å². The minimum Gasteiger partial charge on any atom is -0.480 e. The predicted molar refractivity (Wildman–Crippen MR) is 89.5 cm³/mol. The minimum absolute atomic E-state index is 0.161. The number of unbranched alkanes of at least 4 members (excludes halogenated alkanes) is 2. The molecular weight excluding hydrogens is 310 g/mol. The highest BCUT2D eigenvalue weighted by atomic mass is 16.4. The molecule has 0 bridgehead atoms. The molecule has 1 aliphatic carbocycles. The lowest BCUT2D eigenvalue weighted by molar-refractivity contribution is -0.143. The summed E-state index contributed by atoms with van der Waals surface area (Å²) in [6, 6.07) is -0.726. The average molecular weight is 337 g/mol. The van der Waals surface area contributed by atoms with Crippen molar-refractivity contribution < 1.29 is 19.5 Å². The van der Waals surface area contributed by atoms with Crippen molar-refractivity contribution in [1.82, 2.24) is 15.1 Å². The lowest BCUT2D eigenvalue weighted by Crippen LogP contribution is -2.54. The fourth-order valence-corrected chi connectivity index (χ4v) is 3.06. The zero-order valence-corrected chi connectivity index (χ0v) is 14.3. The Kier molecular flexibility index (Phi) is 5.85. The molecule has 7 heteroatoms. The zero-order chi connectivity index (χ0) is 17.7. The van der Waals surface area contributed by atoms with Gasteiger partial charge in [-0.05, 0) is 44.9 Å². The zero-order valence-electron chi connectivity index (χ0n) is 14.3. The third kappa shape index (κ3) is 4.07. The smallest absolute Gasteiger partial charge is 0.329 e. The molecule has 7 nitrogen and oxygen atoms in total. The van der Waals surface area contributed by atoms with Crippen LogP contribution in [-0.2, 0) is 9.59 Å². The summed E-state index contributed by atoms with van der Waals surface area (Å²) in [5, 5.41) is 11.8. The first kappa shape index (κ1) is 18.3. The Balaban J connectivity index is 1.89. The second kappa shape index (κ2) is 7.68. The molecule has 0 aromatic carbocycles. The van der Waals surface area contributed by atoms with Gasteiger partial charge in [-0.2, -0.15) is 0 Å². The number of urea groups is 1. The fraction of sp³-hybridized carbons (Fsp3) is 0.706. The maximum atomic E-state index is 12.6. The number of aliphatic carboxylic acids is 1. The Morgan fingerprint density at radius 2 is 2.08 bits per heavy atom. The topological polar surface area (TPSA) is 90.0 Å². The maximum absolute atomic E-state index is 12.6. The monoisotopic (exact) mass is 337 g/mol. The summed E-state index contributed by atoms with van der Waals surface area (Å²) in [7, 11) is 1.74. The van der Waals surface area contributed by atoms with Crippen molar-refractivity contribution in [1.29, 1.82) is 0 Å². The van der Waals surface area contributed by atoms with E-state index in [-0.39, 0.29) is 11.9 Å². The first-order valence-electron chi connectivity index (χ1n) is 8.59. The summed E-state index contributed by atoms with van der Waals surface area (Å²) in [5.74, 6) is -1.34. The SMILES string of the molecule is C=CCCCCN(C)C(=O)N1CCC[C@H]1C(=O)NC1(C(=O)O)CC1. The van der Waals surface area contributed by atoms with Crippen molar-refractivity contribution in [3.63, 3.8) is 0 Å². The lowest BCUT2D eigenvalue weighted by atomic mass is 10.1. The Labute approximate surface area is 142 Å². The van der Waals surface area contributed by atoms with Gasteiger partial charge in [0.2, 0.25) is 5.91 Å². The molecule has 24 heavy (non-hydrogen) atoms. The molecule has 1 saturated heterocycles. The van der Waals surface area contributed by atoms with Gasteiger partial charge in [0.05, 0.1) is 0 Å². The van der Waals surface area contributed by atoms with E-state index in [9.17, 15) is 19.5 Å². The molecule has 2 fully saturated rings. The van der Waals surface area contributed by atoms with Gasteiger partial charge in [0.1, 0.15) is 11.6 Å². The number of rotatable bonds is 8. The molecule has 0 spiro atoms. The highest BCUT2D eigenvalue weighted by molar-refractivity contribution is 5.93. The average Bonchev–Trinajstić information content (AvgIpc) is 3.17. The van der Waals surface area contributed by atoms with Crippen molar-refractivity contribution in [3.05, 3.63) is 12.7 Å². The summed E-state index contributed by atoms with van der Waals surface area (Å²) in [6.45, 7) is 4.85. The number of carbonyl (C=O) groups excluding carboxylic acids is 2. The van der Waals surface area contributed by atoms with E-state index in [1.54, 1.807) is 16.8 Å². The Morgan fingerprint density at radius 3 is 2.67 bits per heavy atom. The predicted octanol–water partition coefficient (Wildman–Crippen LogP) is 1.59. The van der Waals surface area contributed by atoms with Gasteiger partial charge in [0.25, 0.3) is 0 Å². The summed E-state index contributed by atoms with van der Waals surface area (Å²) >= 11 is 0. The van der Waals surface area contributed by atoms with Crippen LogP contribution in [-0.4, -0.2) is 64.5 Å². The second-order valence-electron chi connectivity index (χ2n) is 6.72. The van der Waals surface area contributed by atoms with Crippen LogP contribution < -0.4 is 5.32 Å². The molecule has 0 unspecified atom stereocenters. The first-order valence-corrected chi connectivity index (χ1v) is 8.59. The van der Waals surface area contributed by atoms with Gasteiger partial charge in [0, 0.05) is 20.1 Å². The molecule has 1 heterocycles. The van der Waals surface area contributed by atoms with Crippen LogP contribution in [0.4, 0.5) is 4.79 Å². The molecule has 2 N–H and O–H groups in total. The molecular formula is C17H27N3O4. The largest absolute Gasteiger partial charge is 0.480 e. The molecule has 1 atom stereocenters. The van der Waals surface area contributed by atoms with Crippen LogP contribution in [0.25, 0.3) is 0 Å². The molecule has 0 radical (unpaired) electrons. The van der Waals surface area contributed by atoms with Gasteiger partial charge >= 0.3 is 12.0 Å². The van der Waals surface area contributed by atoms with Crippen molar-refractivity contribution in [3.8, 4) is 0 Å². The van der Waals surface area contributed by atoms with Crippen LogP contribution in [0.3, 0.4) is 0 Å². The Morgan fingerprint density at radius 1 is 1.38 bits per heavy atom. The maximum Gasteiger partial charge on any atom is 0.329 e. The van der Waals surface area contributed by atoms with Crippen LogP contribution >= 0.6 is 0 Å². The van der Waals surface area contributed by atoms with E-state index < -0.39 is 17.6 Å². The Bertz CT molecular complexity index is 516. The van der Waals surface area contributed by atoms with Crippen molar-refractivity contribution in [2.24, 2.45) is 0 Å². The summed E-state index contributed by atoms with van der Waals surface area (Å²) < 4.78 is 0. The summed E-state index contributed by atoms with van der Waals surface area (Å²) in [6.07, 6.45) is 6.90. The van der Waals surface area contributed by atoms with E-state index in [4.69, 9.17) is 0 Å². The lowest BCUT2D eigenvalue weighted by Gasteiger charge is -2.29. The number of hydrogen-bond donors (Lipinski definition) is 2. The number of likely N-dealkylation sites (tertiary alicyclic amines) is 1.